The predicted molar refractivity (Wildman–Crippen MR) is 58.5 cm³/mol. The topological polar surface area (TPSA) is 58.4 Å². The molecule has 1 heterocycles. The third-order valence-electron chi connectivity index (χ3n) is 1.92. The Morgan fingerprint density at radius 1 is 1.60 bits per heavy atom. The van der Waals surface area contributed by atoms with Gasteiger partial charge in [-0.2, -0.15) is 5.10 Å². The van der Waals surface area contributed by atoms with Gasteiger partial charge in [0.15, 0.2) is 5.15 Å². The van der Waals surface area contributed by atoms with Gasteiger partial charge in [-0.3, -0.25) is 9.58 Å². The number of halogens is 1. The standard InChI is InChI=1S/C9H14ClN3O2/c1-9(2,3)13(8(14)15)7-5-6(10)11-12(7)4/h5H,1-4H3,(H,14,15). The number of carbonyl (C=O) groups is 1. The van der Waals surface area contributed by atoms with Crippen LogP contribution in [0.3, 0.4) is 0 Å². The lowest BCUT2D eigenvalue weighted by Gasteiger charge is -2.32. The second-order valence-corrected chi connectivity index (χ2v) is 4.62. The zero-order chi connectivity index (χ0) is 11.8. The number of hydrogen-bond donors (Lipinski definition) is 1. The molecule has 0 radical (unpaired) electrons. The van der Waals surface area contributed by atoms with Crippen LogP contribution in [-0.2, 0) is 7.05 Å². The molecule has 0 aliphatic rings. The van der Waals surface area contributed by atoms with Gasteiger partial charge in [-0.1, -0.05) is 11.6 Å². The number of rotatable bonds is 1. The second-order valence-electron chi connectivity index (χ2n) is 4.24. The normalized spacial score (nSPS) is 11.5. The number of aryl methyl sites for hydroxylation is 1. The van der Waals surface area contributed by atoms with Crippen LogP contribution in [0.1, 0.15) is 20.8 Å². The molecular weight excluding hydrogens is 218 g/mol. The molecule has 1 rings (SSSR count). The van der Waals surface area contributed by atoms with Crippen molar-refractivity contribution in [2.45, 2.75) is 26.3 Å². The van der Waals surface area contributed by atoms with Crippen LogP contribution >= 0.6 is 11.6 Å². The summed E-state index contributed by atoms with van der Waals surface area (Å²) in [6.07, 6.45) is -1.03. The largest absolute Gasteiger partial charge is 0.465 e. The average molecular weight is 232 g/mol. The van der Waals surface area contributed by atoms with E-state index in [9.17, 15) is 4.79 Å². The molecule has 1 aromatic heterocycles. The van der Waals surface area contributed by atoms with E-state index in [4.69, 9.17) is 16.7 Å². The molecule has 0 spiro atoms. The van der Waals surface area contributed by atoms with Gasteiger partial charge >= 0.3 is 6.09 Å². The molecule has 6 heteroatoms. The van der Waals surface area contributed by atoms with Crippen molar-refractivity contribution in [1.82, 2.24) is 9.78 Å². The van der Waals surface area contributed by atoms with Crippen LogP contribution in [0.5, 0.6) is 0 Å². The maximum Gasteiger partial charge on any atom is 0.413 e. The van der Waals surface area contributed by atoms with E-state index in [1.54, 1.807) is 7.05 Å². The summed E-state index contributed by atoms with van der Waals surface area (Å²) >= 11 is 5.71. The molecule has 0 aromatic carbocycles. The Labute approximate surface area is 93.2 Å². The Morgan fingerprint density at radius 3 is 2.40 bits per heavy atom. The highest BCUT2D eigenvalue weighted by Gasteiger charge is 2.30. The number of amides is 1. The smallest absolute Gasteiger partial charge is 0.413 e. The summed E-state index contributed by atoms with van der Waals surface area (Å²) in [6.45, 7) is 5.42. The number of anilines is 1. The molecule has 0 atom stereocenters. The third-order valence-corrected chi connectivity index (χ3v) is 2.10. The van der Waals surface area contributed by atoms with Crippen LogP contribution < -0.4 is 4.90 Å². The minimum absolute atomic E-state index is 0.281. The van der Waals surface area contributed by atoms with Crippen LogP contribution in [0, 0.1) is 0 Å². The van der Waals surface area contributed by atoms with Gasteiger partial charge in [-0.25, -0.2) is 4.79 Å². The monoisotopic (exact) mass is 231 g/mol. The van der Waals surface area contributed by atoms with Crippen LogP contribution in [0.2, 0.25) is 5.15 Å². The molecule has 0 aliphatic heterocycles. The number of hydrogen-bond acceptors (Lipinski definition) is 2. The molecule has 1 aromatic rings. The van der Waals surface area contributed by atoms with Crippen LogP contribution in [0.15, 0.2) is 6.07 Å². The lowest BCUT2D eigenvalue weighted by atomic mass is 10.1. The Hall–Kier alpha value is -1.23. The summed E-state index contributed by atoms with van der Waals surface area (Å²) < 4.78 is 1.45. The molecule has 15 heavy (non-hydrogen) atoms. The van der Waals surface area contributed by atoms with Crippen molar-refractivity contribution in [3.8, 4) is 0 Å². The number of aromatic nitrogens is 2. The van der Waals surface area contributed by atoms with Gasteiger partial charge in [0.1, 0.15) is 5.82 Å². The SMILES string of the molecule is Cn1nc(Cl)cc1N(C(=O)O)C(C)(C)C. The van der Waals surface area contributed by atoms with Crippen LogP contribution in [-0.4, -0.2) is 26.5 Å². The average Bonchev–Trinajstić information content (AvgIpc) is 2.26. The van der Waals surface area contributed by atoms with Crippen molar-refractivity contribution in [2.24, 2.45) is 7.05 Å². The minimum atomic E-state index is -1.03. The Balaban J connectivity index is 3.22. The summed E-state index contributed by atoms with van der Waals surface area (Å²) in [5.74, 6) is 0.458. The van der Waals surface area contributed by atoms with Crippen LogP contribution in [0.4, 0.5) is 10.6 Å². The Morgan fingerprint density at radius 2 is 2.13 bits per heavy atom. The van der Waals surface area contributed by atoms with E-state index in [1.165, 1.54) is 15.6 Å². The van der Waals surface area contributed by atoms with E-state index < -0.39 is 11.6 Å². The fourth-order valence-electron chi connectivity index (χ4n) is 1.36. The van der Waals surface area contributed by atoms with Crippen molar-refractivity contribution in [2.75, 3.05) is 4.90 Å². The first-order chi connectivity index (χ1) is 6.73. The maximum atomic E-state index is 11.1. The van der Waals surface area contributed by atoms with E-state index in [0.717, 1.165) is 0 Å². The fraction of sp³-hybridized carbons (Fsp3) is 0.556. The molecule has 84 valence electrons. The second kappa shape index (κ2) is 3.73. The molecule has 1 N–H and O–H groups in total. The summed E-state index contributed by atoms with van der Waals surface area (Å²) in [6, 6.07) is 1.53. The fourth-order valence-corrected chi connectivity index (χ4v) is 1.57. The molecule has 5 nitrogen and oxygen atoms in total. The van der Waals surface area contributed by atoms with Gasteiger partial charge in [0.25, 0.3) is 0 Å². The Kier molecular flexibility index (Phi) is 2.95. The lowest BCUT2D eigenvalue weighted by Crippen LogP contribution is -2.46. The first-order valence-corrected chi connectivity index (χ1v) is 4.84. The highest BCUT2D eigenvalue weighted by molar-refractivity contribution is 6.29. The van der Waals surface area contributed by atoms with Crippen molar-refractivity contribution in [3.05, 3.63) is 11.2 Å². The number of carboxylic acid groups (broad SMARTS) is 1. The first kappa shape index (κ1) is 11.8. The van der Waals surface area contributed by atoms with Crippen molar-refractivity contribution in [1.29, 1.82) is 0 Å². The molecule has 1 amide bonds. The van der Waals surface area contributed by atoms with Gasteiger partial charge in [0.2, 0.25) is 0 Å². The van der Waals surface area contributed by atoms with Gasteiger partial charge < -0.3 is 5.11 Å². The van der Waals surface area contributed by atoms with Crippen molar-refractivity contribution in [3.63, 3.8) is 0 Å². The van der Waals surface area contributed by atoms with E-state index in [-0.39, 0.29) is 5.15 Å². The van der Waals surface area contributed by atoms with Gasteiger partial charge in [-0.15, -0.1) is 0 Å². The summed E-state index contributed by atoms with van der Waals surface area (Å²) in [5, 5.41) is 13.3. The van der Waals surface area contributed by atoms with Gasteiger partial charge in [0, 0.05) is 18.7 Å². The summed E-state index contributed by atoms with van der Waals surface area (Å²) in [7, 11) is 1.66. The maximum absolute atomic E-state index is 11.1. The zero-order valence-corrected chi connectivity index (χ0v) is 9.91. The lowest BCUT2D eigenvalue weighted by molar-refractivity contribution is 0.195. The highest BCUT2D eigenvalue weighted by atomic mass is 35.5. The molecule has 0 fully saturated rings. The van der Waals surface area contributed by atoms with E-state index in [1.807, 2.05) is 20.8 Å². The third kappa shape index (κ3) is 2.41. The van der Waals surface area contributed by atoms with E-state index in [0.29, 0.717) is 5.82 Å². The van der Waals surface area contributed by atoms with Gasteiger partial charge in [-0.05, 0) is 20.8 Å². The molecule has 0 aliphatic carbocycles. The highest BCUT2D eigenvalue weighted by Crippen LogP contribution is 2.25. The molecule has 0 unspecified atom stereocenters. The predicted octanol–water partition coefficient (Wildman–Crippen LogP) is 2.36. The van der Waals surface area contributed by atoms with Crippen molar-refractivity contribution >= 4 is 23.5 Å². The molecule has 0 bridgehead atoms. The quantitative estimate of drug-likeness (QED) is 0.807. The summed E-state index contributed by atoms with van der Waals surface area (Å²) in [5.41, 5.74) is -0.539. The Bertz CT molecular complexity index is 381. The molecular formula is C9H14ClN3O2. The first-order valence-electron chi connectivity index (χ1n) is 4.46. The molecule has 0 saturated carbocycles. The van der Waals surface area contributed by atoms with E-state index >= 15 is 0 Å². The zero-order valence-electron chi connectivity index (χ0n) is 9.15. The van der Waals surface area contributed by atoms with E-state index in [2.05, 4.69) is 5.10 Å². The van der Waals surface area contributed by atoms with Crippen LogP contribution in [0.25, 0.3) is 0 Å². The van der Waals surface area contributed by atoms with Gasteiger partial charge in [0.05, 0.1) is 0 Å². The number of nitrogens with zero attached hydrogens (tertiary/aromatic N) is 3. The minimum Gasteiger partial charge on any atom is -0.465 e. The summed E-state index contributed by atoms with van der Waals surface area (Å²) in [4.78, 5) is 12.4. The molecule has 0 saturated heterocycles. The van der Waals surface area contributed by atoms with Crippen molar-refractivity contribution < 1.29 is 9.90 Å².